The molecule has 0 unspecified atom stereocenters. The Labute approximate surface area is 126 Å². The number of hydrogen-bond acceptors (Lipinski definition) is 4. The van der Waals surface area contributed by atoms with Gasteiger partial charge in [-0.25, -0.2) is 0 Å². The largest absolute Gasteiger partial charge is 0.454 e. The van der Waals surface area contributed by atoms with Crippen molar-refractivity contribution in [1.82, 2.24) is 4.90 Å². The standard InChI is InChI=1S/C15H16F3N3O/c1-2-20-6-8-21(9-7-20)13-5-3-4-11(12(13)10-19)14(22)15(16,17)18/h3-5H,2,6-9H2,1H3. The normalized spacial score (nSPS) is 16.4. The van der Waals surface area contributed by atoms with Gasteiger partial charge in [0.15, 0.2) is 0 Å². The van der Waals surface area contributed by atoms with Gasteiger partial charge in [0.1, 0.15) is 6.07 Å². The van der Waals surface area contributed by atoms with Crippen LogP contribution in [0.15, 0.2) is 18.2 Å². The van der Waals surface area contributed by atoms with Crippen molar-refractivity contribution in [1.29, 1.82) is 5.26 Å². The molecular formula is C15H16F3N3O. The predicted molar refractivity (Wildman–Crippen MR) is 75.9 cm³/mol. The highest BCUT2D eigenvalue weighted by Gasteiger charge is 2.41. The van der Waals surface area contributed by atoms with Gasteiger partial charge < -0.3 is 9.80 Å². The van der Waals surface area contributed by atoms with Gasteiger partial charge in [0, 0.05) is 31.7 Å². The van der Waals surface area contributed by atoms with Gasteiger partial charge in [-0.05, 0) is 18.7 Å². The van der Waals surface area contributed by atoms with E-state index in [-0.39, 0.29) is 5.56 Å². The number of Topliss-reactive ketones (excluding diaryl/α,β-unsaturated/α-hetero) is 1. The Kier molecular flexibility index (Phi) is 4.71. The highest BCUT2D eigenvalue weighted by atomic mass is 19.4. The lowest BCUT2D eigenvalue weighted by Gasteiger charge is -2.36. The molecule has 1 aliphatic rings. The van der Waals surface area contributed by atoms with Gasteiger partial charge in [0.05, 0.1) is 11.3 Å². The van der Waals surface area contributed by atoms with Gasteiger partial charge in [-0.1, -0.05) is 13.0 Å². The third-order valence-corrected chi connectivity index (χ3v) is 3.82. The first-order valence-electron chi connectivity index (χ1n) is 7.00. The van der Waals surface area contributed by atoms with Gasteiger partial charge in [0.2, 0.25) is 0 Å². The molecule has 0 aromatic heterocycles. The van der Waals surface area contributed by atoms with Crippen LogP contribution in [0.4, 0.5) is 18.9 Å². The molecule has 0 saturated carbocycles. The van der Waals surface area contributed by atoms with Gasteiger partial charge in [0.25, 0.3) is 5.78 Å². The average molecular weight is 311 g/mol. The van der Waals surface area contributed by atoms with Crippen LogP contribution >= 0.6 is 0 Å². The molecule has 2 rings (SSSR count). The first-order chi connectivity index (χ1) is 10.4. The topological polar surface area (TPSA) is 47.3 Å². The number of halogens is 3. The van der Waals surface area contributed by atoms with Crippen LogP contribution in [0, 0.1) is 11.3 Å². The van der Waals surface area contributed by atoms with Crippen LogP contribution in [-0.2, 0) is 0 Å². The molecule has 0 amide bonds. The molecule has 0 N–H and O–H groups in total. The Hall–Kier alpha value is -2.07. The Balaban J connectivity index is 2.34. The third kappa shape index (κ3) is 3.22. The molecule has 1 aliphatic heterocycles. The minimum Gasteiger partial charge on any atom is -0.368 e. The number of benzene rings is 1. The number of anilines is 1. The summed E-state index contributed by atoms with van der Waals surface area (Å²) in [5.41, 5.74) is -0.381. The second-order valence-corrected chi connectivity index (χ2v) is 5.06. The SMILES string of the molecule is CCN1CCN(c2cccc(C(=O)C(F)(F)F)c2C#N)CC1. The van der Waals surface area contributed by atoms with Crippen LogP contribution in [-0.4, -0.2) is 49.6 Å². The van der Waals surface area contributed by atoms with E-state index in [9.17, 15) is 23.2 Å². The van der Waals surface area contributed by atoms with Gasteiger partial charge >= 0.3 is 6.18 Å². The number of piperazine rings is 1. The number of ketones is 1. The van der Waals surface area contributed by atoms with E-state index in [4.69, 9.17) is 0 Å². The molecule has 0 spiro atoms. The molecule has 4 nitrogen and oxygen atoms in total. The van der Waals surface area contributed by atoms with Crippen molar-refractivity contribution >= 4 is 11.5 Å². The molecule has 0 aliphatic carbocycles. The van der Waals surface area contributed by atoms with Gasteiger partial charge in [-0.15, -0.1) is 0 Å². The van der Waals surface area contributed by atoms with Crippen LogP contribution in [0.2, 0.25) is 0 Å². The van der Waals surface area contributed by atoms with Gasteiger partial charge in [-0.2, -0.15) is 18.4 Å². The number of hydrogen-bond donors (Lipinski definition) is 0. The van der Waals surface area contributed by atoms with E-state index in [0.29, 0.717) is 18.8 Å². The maximum absolute atomic E-state index is 12.6. The Morgan fingerprint density at radius 3 is 2.41 bits per heavy atom. The number of rotatable bonds is 3. The molecule has 118 valence electrons. The van der Waals surface area contributed by atoms with Crippen molar-refractivity contribution in [3.8, 4) is 6.07 Å². The minimum absolute atomic E-state index is 0.199. The molecule has 0 bridgehead atoms. The van der Waals surface area contributed by atoms with Crippen molar-refractivity contribution in [2.45, 2.75) is 13.1 Å². The minimum atomic E-state index is -4.98. The summed E-state index contributed by atoms with van der Waals surface area (Å²) in [5.74, 6) is -1.97. The van der Waals surface area contributed by atoms with E-state index >= 15 is 0 Å². The molecule has 1 saturated heterocycles. The van der Waals surface area contributed by atoms with Crippen LogP contribution < -0.4 is 4.90 Å². The molecule has 1 heterocycles. The number of alkyl halides is 3. The Morgan fingerprint density at radius 1 is 1.27 bits per heavy atom. The smallest absolute Gasteiger partial charge is 0.368 e. The molecule has 7 heteroatoms. The fraction of sp³-hybridized carbons (Fsp3) is 0.467. The van der Waals surface area contributed by atoms with Crippen molar-refractivity contribution in [3.05, 3.63) is 29.3 Å². The summed E-state index contributed by atoms with van der Waals surface area (Å²) < 4.78 is 37.9. The fourth-order valence-corrected chi connectivity index (χ4v) is 2.57. The van der Waals surface area contributed by atoms with E-state index < -0.39 is 17.5 Å². The summed E-state index contributed by atoms with van der Waals surface area (Å²) in [6.07, 6.45) is -4.98. The maximum Gasteiger partial charge on any atom is 0.454 e. The second kappa shape index (κ2) is 6.36. The number of likely N-dealkylation sites (N-methyl/N-ethyl adjacent to an activating group) is 1. The molecule has 22 heavy (non-hydrogen) atoms. The molecular weight excluding hydrogens is 295 g/mol. The monoisotopic (exact) mass is 311 g/mol. The lowest BCUT2D eigenvalue weighted by atomic mass is 10.0. The molecule has 1 aromatic carbocycles. The van der Waals surface area contributed by atoms with E-state index in [2.05, 4.69) is 4.90 Å². The average Bonchev–Trinajstić information content (AvgIpc) is 2.52. The predicted octanol–water partition coefficient (Wildman–Crippen LogP) is 2.45. The highest BCUT2D eigenvalue weighted by Crippen LogP contribution is 2.29. The van der Waals surface area contributed by atoms with Crippen molar-refractivity contribution in [3.63, 3.8) is 0 Å². The number of carbonyl (C=O) groups is 1. The summed E-state index contributed by atoms with van der Waals surface area (Å²) in [7, 11) is 0. The molecule has 1 fully saturated rings. The van der Waals surface area contributed by atoms with Crippen LogP contribution in [0.1, 0.15) is 22.8 Å². The summed E-state index contributed by atoms with van der Waals surface area (Å²) >= 11 is 0. The zero-order valence-electron chi connectivity index (χ0n) is 12.2. The van der Waals surface area contributed by atoms with E-state index in [1.807, 2.05) is 11.8 Å². The highest BCUT2D eigenvalue weighted by molar-refractivity contribution is 6.03. The number of nitrogens with zero attached hydrogens (tertiary/aromatic N) is 3. The maximum atomic E-state index is 12.6. The van der Waals surface area contributed by atoms with E-state index in [1.165, 1.54) is 6.07 Å². The van der Waals surface area contributed by atoms with Crippen LogP contribution in [0.25, 0.3) is 0 Å². The first-order valence-corrected chi connectivity index (χ1v) is 7.00. The summed E-state index contributed by atoms with van der Waals surface area (Å²) in [4.78, 5) is 15.6. The lowest BCUT2D eigenvalue weighted by molar-refractivity contribution is -0.0885. The zero-order chi connectivity index (χ0) is 16.3. The van der Waals surface area contributed by atoms with Gasteiger partial charge in [-0.3, -0.25) is 4.79 Å². The Bertz CT molecular complexity index is 599. The van der Waals surface area contributed by atoms with E-state index in [0.717, 1.165) is 25.7 Å². The van der Waals surface area contributed by atoms with E-state index in [1.54, 1.807) is 12.1 Å². The van der Waals surface area contributed by atoms with Crippen molar-refractivity contribution < 1.29 is 18.0 Å². The lowest BCUT2D eigenvalue weighted by Crippen LogP contribution is -2.46. The molecule has 0 atom stereocenters. The zero-order valence-corrected chi connectivity index (χ0v) is 12.2. The molecule has 0 radical (unpaired) electrons. The third-order valence-electron chi connectivity index (χ3n) is 3.82. The van der Waals surface area contributed by atoms with Crippen LogP contribution in [0.5, 0.6) is 0 Å². The summed E-state index contributed by atoms with van der Waals surface area (Å²) in [6, 6.07) is 5.80. The number of carbonyl (C=O) groups excluding carboxylic acids is 1. The van der Waals surface area contributed by atoms with Crippen molar-refractivity contribution in [2.75, 3.05) is 37.6 Å². The Morgan fingerprint density at radius 2 is 1.91 bits per heavy atom. The fourth-order valence-electron chi connectivity index (χ4n) is 2.57. The number of nitriles is 1. The first kappa shape index (κ1) is 16.3. The van der Waals surface area contributed by atoms with Crippen LogP contribution in [0.3, 0.4) is 0 Å². The molecule has 1 aromatic rings. The summed E-state index contributed by atoms with van der Waals surface area (Å²) in [5, 5.41) is 9.24. The second-order valence-electron chi connectivity index (χ2n) is 5.06. The van der Waals surface area contributed by atoms with Crippen molar-refractivity contribution in [2.24, 2.45) is 0 Å². The quantitative estimate of drug-likeness (QED) is 0.805. The summed E-state index contributed by atoms with van der Waals surface area (Å²) in [6.45, 7) is 5.74.